The maximum Gasteiger partial charge on any atom is 0.194 e. The number of hydrogen-bond donors (Lipinski definition) is 1. The number of halogens is 5. The summed E-state index contributed by atoms with van der Waals surface area (Å²) in [5, 5.41) is 2.96. The Morgan fingerprint density at radius 3 is 2.21 bits per heavy atom. The van der Waals surface area contributed by atoms with Crippen molar-refractivity contribution < 1.29 is 17.6 Å². The maximum absolute atomic E-state index is 13.0. The van der Waals surface area contributed by atoms with E-state index in [4.69, 9.17) is 11.6 Å². The molecule has 0 heterocycles. The van der Waals surface area contributed by atoms with Crippen molar-refractivity contribution in [3.8, 4) is 0 Å². The van der Waals surface area contributed by atoms with Gasteiger partial charge in [-0.1, -0.05) is 11.6 Å². The molecule has 0 aliphatic heterocycles. The highest BCUT2D eigenvalue weighted by molar-refractivity contribution is 6.31. The van der Waals surface area contributed by atoms with Crippen molar-refractivity contribution in [2.45, 2.75) is 6.54 Å². The molecule has 6 heteroatoms. The van der Waals surface area contributed by atoms with E-state index in [1.165, 1.54) is 18.2 Å². The molecule has 100 valence electrons. The van der Waals surface area contributed by atoms with E-state index in [9.17, 15) is 17.6 Å². The Bertz CT molecular complexity index is 593. The van der Waals surface area contributed by atoms with Crippen LogP contribution >= 0.6 is 11.6 Å². The summed E-state index contributed by atoms with van der Waals surface area (Å²) in [6.07, 6.45) is 0. The summed E-state index contributed by atoms with van der Waals surface area (Å²) < 4.78 is 51.7. The second-order valence-corrected chi connectivity index (χ2v) is 4.25. The van der Waals surface area contributed by atoms with Crippen LogP contribution in [0.15, 0.2) is 30.3 Å². The van der Waals surface area contributed by atoms with E-state index >= 15 is 0 Å². The maximum atomic E-state index is 13.0. The predicted molar refractivity (Wildman–Crippen MR) is 65.1 cm³/mol. The van der Waals surface area contributed by atoms with Gasteiger partial charge in [0.25, 0.3) is 0 Å². The van der Waals surface area contributed by atoms with Crippen molar-refractivity contribution in [3.05, 3.63) is 64.2 Å². The average Bonchev–Trinajstić information content (AvgIpc) is 2.37. The second kappa shape index (κ2) is 5.48. The van der Waals surface area contributed by atoms with Crippen molar-refractivity contribution in [1.29, 1.82) is 0 Å². The Morgan fingerprint density at radius 2 is 1.58 bits per heavy atom. The van der Waals surface area contributed by atoms with E-state index in [2.05, 4.69) is 5.32 Å². The lowest BCUT2D eigenvalue weighted by Crippen LogP contribution is -2.03. The molecule has 2 rings (SSSR count). The SMILES string of the molecule is Fc1ccc(Cl)c(CNc2cc(F)c(F)c(F)c2)c1. The molecule has 0 aliphatic carbocycles. The van der Waals surface area contributed by atoms with Gasteiger partial charge in [-0.25, -0.2) is 17.6 Å². The molecule has 19 heavy (non-hydrogen) atoms. The Kier molecular flexibility index (Phi) is 3.95. The molecule has 0 unspecified atom stereocenters. The lowest BCUT2D eigenvalue weighted by molar-refractivity contribution is 0.447. The minimum atomic E-state index is -1.53. The highest BCUT2D eigenvalue weighted by atomic mass is 35.5. The van der Waals surface area contributed by atoms with Crippen molar-refractivity contribution in [1.82, 2.24) is 0 Å². The van der Waals surface area contributed by atoms with E-state index in [1.54, 1.807) is 0 Å². The summed E-state index contributed by atoms with van der Waals surface area (Å²) in [6.45, 7) is 0.0567. The topological polar surface area (TPSA) is 12.0 Å². The van der Waals surface area contributed by atoms with Gasteiger partial charge in [0.05, 0.1) is 0 Å². The molecule has 2 aromatic rings. The van der Waals surface area contributed by atoms with E-state index in [0.717, 1.165) is 12.1 Å². The number of benzene rings is 2. The summed E-state index contributed by atoms with van der Waals surface area (Å²) in [6, 6.07) is 5.39. The fraction of sp³-hybridized carbons (Fsp3) is 0.0769. The first-order valence-corrected chi connectivity index (χ1v) is 5.67. The third-order valence-electron chi connectivity index (χ3n) is 2.47. The zero-order valence-corrected chi connectivity index (χ0v) is 10.2. The molecule has 0 radical (unpaired) electrons. The van der Waals surface area contributed by atoms with Gasteiger partial charge in [-0.05, 0) is 23.8 Å². The number of rotatable bonds is 3. The molecule has 1 N–H and O–H groups in total. The van der Waals surface area contributed by atoms with Gasteiger partial charge in [-0.15, -0.1) is 0 Å². The van der Waals surface area contributed by atoms with Gasteiger partial charge in [-0.3, -0.25) is 0 Å². The van der Waals surface area contributed by atoms with Gasteiger partial charge >= 0.3 is 0 Å². The van der Waals surface area contributed by atoms with Gasteiger partial charge in [0.2, 0.25) is 0 Å². The number of hydrogen-bond acceptors (Lipinski definition) is 1. The molecule has 0 fully saturated rings. The van der Waals surface area contributed by atoms with E-state index in [-0.39, 0.29) is 12.2 Å². The third-order valence-corrected chi connectivity index (χ3v) is 2.84. The summed E-state index contributed by atoms with van der Waals surface area (Å²) in [4.78, 5) is 0. The fourth-order valence-electron chi connectivity index (χ4n) is 1.53. The first-order valence-electron chi connectivity index (χ1n) is 5.29. The summed E-state index contributed by atoms with van der Waals surface area (Å²) >= 11 is 5.84. The predicted octanol–water partition coefficient (Wildman–Crippen LogP) is 4.51. The highest BCUT2D eigenvalue weighted by Gasteiger charge is 2.10. The van der Waals surface area contributed by atoms with E-state index in [0.29, 0.717) is 10.6 Å². The first kappa shape index (κ1) is 13.7. The largest absolute Gasteiger partial charge is 0.381 e. The smallest absolute Gasteiger partial charge is 0.194 e. The Morgan fingerprint density at radius 1 is 0.947 bits per heavy atom. The third kappa shape index (κ3) is 3.17. The molecule has 0 amide bonds. The van der Waals surface area contributed by atoms with Gasteiger partial charge in [-0.2, -0.15) is 0 Å². The van der Waals surface area contributed by atoms with Crippen molar-refractivity contribution >= 4 is 17.3 Å². The van der Waals surface area contributed by atoms with Crippen LogP contribution in [0.5, 0.6) is 0 Å². The molecule has 0 aliphatic rings. The molecule has 0 bridgehead atoms. The van der Waals surface area contributed by atoms with Gasteiger partial charge in [0.1, 0.15) is 5.82 Å². The highest BCUT2D eigenvalue weighted by Crippen LogP contribution is 2.21. The molecule has 2 aromatic carbocycles. The van der Waals surface area contributed by atoms with Crippen LogP contribution in [-0.2, 0) is 6.54 Å². The van der Waals surface area contributed by atoms with Crippen molar-refractivity contribution in [2.24, 2.45) is 0 Å². The van der Waals surface area contributed by atoms with Crippen LogP contribution in [0.2, 0.25) is 5.02 Å². The van der Waals surface area contributed by atoms with Crippen LogP contribution in [0.4, 0.5) is 23.2 Å². The van der Waals surface area contributed by atoms with Crippen LogP contribution in [0.3, 0.4) is 0 Å². The second-order valence-electron chi connectivity index (χ2n) is 3.84. The summed E-state index contributed by atoms with van der Waals surface area (Å²) in [7, 11) is 0. The van der Waals surface area contributed by atoms with E-state index in [1.807, 2.05) is 0 Å². The van der Waals surface area contributed by atoms with Gasteiger partial charge < -0.3 is 5.32 Å². The van der Waals surface area contributed by atoms with Gasteiger partial charge in [0, 0.05) is 29.4 Å². The van der Waals surface area contributed by atoms with E-state index < -0.39 is 23.3 Å². The minimum Gasteiger partial charge on any atom is -0.381 e. The standard InChI is InChI=1S/C13H8ClF4N/c14-10-2-1-8(15)3-7(10)6-19-9-4-11(16)13(18)12(17)5-9/h1-5,19H,6H2. The lowest BCUT2D eigenvalue weighted by Gasteiger charge is -2.09. The molecule has 1 nitrogen and oxygen atoms in total. The first-order chi connectivity index (χ1) is 8.97. The van der Waals surface area contributed by atoms with Gasteiger partial charge in [0.15, 0.2) is 17.5 Å². The molecule has 0 aromatic heterocycles. The molecular formula is C13H8ClF4N. The zero-order valence-electron chi connectivity index (χ0n) is 9.48. The quantitative estimate of drug-likeness (QED) is 0.647. The summed E-state index contributed by atoms with van der Waals surface area (Å²) in [5.41, 5.74) is 0.462. The van der Waals surface area contributed by atoms with Crippen molar-refractivity contribution in [2.75, 3.05) is 5.32 Å². The monoisotopic (exact) mass is 289 g/mol. The fourth-order valence-corrected chi connectivity index (χ4v) is 1.72. The molecule has 0 atom stereocenters. The summed E-state index contributed by atoms with van der Waals surface area (Å²) in [5.74, 6) is -4.60. The zero-order chi connectivity index (χ0) is 14.0. The Hall–Kier alpha value is -1.75. The normalized spacial score (nSPS) is 10.6. The van der Waals surface area contributed by atoms with Crippen LogP contribution in [0.1, 0.15) is 5.56 Å². The van der Waals surface area contributed by atoms with Crippen LogP contribution < -0.4 is 5.32 Å². The molecule has 0 saturated heterocycles. The molecular weight excluding hydrogens is 282 g/mol. The average molecular weight is 290 g/mol. The number of nitrogens with one attached hydrogen (secondary N) is 1. The Labute approximate surface area is 111 Å². The van der Waals surface area contributed by atoms with Crippen LogP contribution in [0, 0.1) is 23.3 Å². The van der Waals surface area contributed by atoms with Crippen LogP contribution in [0.25, 0.3) is 0 Å². The van der Waals surface area contributed by atoms with Crippen LogP contribution in [-0.4, -0.2) is 0 Å². The molecule has 0 saturated carbocycles. The number of anilines is 1. The lowest BCUT2D eigenvalue weighted by atomic mass is 10.2. The van der Waals surface area contributed by atoms with Crippen molar-refractivity contribution in [3.63, 3.8) is 0 Å². The molecule has 0 spiro atoms. The minimum absolute atomic E-state index is 0.0386. The Balaban J connectivity index is 2.17.